The number of hydrogen-bond donors (Lipinski definition) is 1. The van der Waals surface area contributed by atoms with Crippen LogP contribution in [0.15, 0.2) is 61.1 Å². The average molecular weight is 429 g/mol. The van der Waals surface area contributed by atoms with E-state index in [0.717, 1.165) is 17.8 Å². The van der Waals surface area contributed by atoms with Crippen molar-refractivity contribution in [2.24, 2.45) is 0 Å². The zero-order chi connectivity index (χ0) is 21.8. The number of hydrogen-bond acceptors (Lipinski definition) is 4. The highest BCUT2D eigenvalue weighted by Crippen LogP contribution is 2.29. The van der Waals surface area contributed by atoms with Crippen molar-refractivity contribution in [3.8, 4) is 0 Å². The molecule has 9 heteroatoms. The second-order valence-electron chi connectivity index (χ2n) is 7.54. The summed E-state index contributed by atoms with van der Waals surface area (Å²) in [4.78, 5) is 18.4. The van der Waals surface area contributed by atoms with E-state index in [9.17, 15) is 18.0 Å². The number of carbonyl (C=O) groups excluding carboxylic acids is 1. The summed E-state index contributed by atoms with van der Waals surface area (Å²) in [6.45, 7) is 1.88. The zero-order valence-corrected chi connectivity index (χ0v) is 16.7. The molecule has 4 rings (SSSR count). The lowest BCUT2D eigenvalue weighted by atomic mass is 10.0. The fourth-order valence-electron chi connectivity index (χ4n) is 3.61. The Hall–Kier alpha value is -3.36. The molecule has 0 saturated carbocycles. The van der Waals surface area contributed by atoms with E-state index in [4.69, 9.17) is 0 Å². The maximum Gasteiger partial charge on any atom is 0.417 e. The highest BCUT2D eigenvalue weighted by Gasteiger charge is 2.31. The Balaban J connectivity index is 1.28. The first kappa shape index (κ1) is 20.9. The molecule has 1 aliphatic heterocycles. The van der Waals surface area contributed by atoms with Gasteiger partial charge in [-0.05, 0) is 48.7 Å². The monoisotopic (exact) mass is 429 g/mol. The Morgan fingerprint density at radius 1 is 1.10 bits per heavy atom. The Labute approximate surface area is 177 Å². The van der Waals surface area contributed by atoms with Crippen LogP contribution in [0.4, 0.5) is 19.0 Å². The van der Waals surface area contributed by atoms with Gasteiger partial charge in [0.05, 0.1) is 12.1 Å². The van der Waals surface area contributed by atoms with Crippen molar-refractivity contribution in [3.63, 3.8) is 0 Å². The Morgan fingerprint density at radius 2 is 1.84 bits per heavy atom. The van der Waals surface area contributed by atoms with Gasteiger partial charge in [0.25, 0.3) is 5.91 Å². The first-order valence-electron chi connectivity index (χ1n) is 10.0. The Kier molecular flexibility index (Phi) is 5.92. The number of rotatable bonds is 5. The van der Waals surface area contributed by atoms with Gasteiger partial charge in [-0.1, -0.05) is 12.1 Å². The van der Waals surface area contributed by atoms with Gasteiger partial charge in [-0.2, -0.15) is 18.3 Å². The van der Waals surface area contributed by atoms with E-state index in [0.29, 0.717) is 43.9 Å². The average Bonchev–Trinajstić information content (AvgIpc) is 3.27. The van der Waals surface area contributed by atoms with Crippen molar-refractivity contribution >= 4 is 11.7 Å². The molecule has 1 aliphatic rings. The second kappa shape index (κ2) is 8.79. The predicted molar refractivity (Wildman–Crippen MR) is 110 cm³/mol. The van der Waals surface area contributed by atoms with E-state index in [1.807, 2.05) is 34.0 Å². The van der Waals surface area contributed by atoms with Crippen molar-refractivity contribution in [1.29, 1.82) is 0 Å². The van der Waals surface area contributed by atoms with Gasteiger partial charge in [-0.15, -0.1) is 0 Å². The van der Waals surface area contributed by atoms with Crippen LogP contribution in [0, 0.1) is 0 Å². The minimum absolute atomic E-state index is 0.0157. The summed E-state index contributed by atoms with van der Waals surface area (Å²) in [6.07, 6.45) is 1.48. The molecule has 1 amide bonds. The summed E-state index contributed by atoms with van der Waals surface area (Å²) in [5.41, 5.74) is 0.891. The number of aromatic nitrogens is 3. The van der Waals surface area contributed by atoms with Gasteiger partial charge in [-0.25, -0.2) is 4.98 Å². The molecule has 31 heavy (non-hydrogen) atoms. The van der Waals surface area contributed by atoms with Crippen LogP contribution in [0.25, 0.3) is 0 Å². The molecule has 1 saturated heterocycles. The molecule has 1 fully saturated rings. The van der Waals surface area contributed by atoms with Gasteiger partial charge in [0.1, 0.15) is 5.82 Å². The molecule has 162 valence electrons. The number of amides is 1. The van der Waals surface area contributed by atoms with Crippen LogP contribution in [0.5, 0.6) is 0 Å². The van der Waals surface area contributed by atoms with Crippen LogP contribution < -0.4 is 10.2 Å². The fourth-order valence-corrected chi connectivity index (χ4v) is 3.61. The first-order chi connectivity index (χ1) is 14.9. The molecule has 0 bridgehead atoms. The van der Waals surface area contributed by atoms with E-state index >= 15 is 0 Å². The third-order valence-electron chi connectivity index (χ3n) is 5.35. The van der Waals surface area contributed by atoms with E-state index in [1.54, 1.807) is 18.3 Å². The molecule has 0 spiro atoms. The fraction of sp³-hybridized carbons (Fsp3) is 0.318. The molecule has 0 aliphatic carbocycles. The Bertz CT molecular complexity index is 993. The molecule has 0 atom stereocenters. The van der Waals surface area contributed by atoms with Crippen LogP contribution in [0.1, 0.15) is 34.3 Å². The van der Waals surface area contributed by atoms with Gasteiger partial charge >= 0.3 is 6.18 Å². The van der Waals surface area contributed by atoms with Crippen molar-refractivity contribution < 1.29 is 18.0 Å². The number of nitrogens with zero attached hydrogens (tertiary/aromatic N) is 4. The summed E-state index contributed by atoms with van der Waals surface area (Å²) in [6, 6.07) is 11.7. The topological polar surface area (TPSA) is 63.1 Å². The quantitative estimate of drug-likeness (QED) is 0.671. The molecule has 3 heterocycles. The molecule has 0 radical (unpaired) electrons. The smallest absolute Gasteiger partial charge is 0.356 e. The summed E-state index contributed by atoms with van der Waals surface area (Å²) in [5, 5.41) is 7.22. The van der Waals surface area contributed by atoms with E-state index in [2.05, 4.69) is 15.4 Å². The number of piperidine rings is 1. The third kappa shape index (κ3) is 5.22. The number of carbonyl (C=O) groups is 1. The summed E-state index contributed by atoms with van der Waals surface area (Å²) < 4.78 is 39.9. The lowest BCUT2D eigenvalue weighted by molar-refractivity contribution is -0.137. The summed E-state index contributed by atoms with van der Waals surface area (Å²) in [7, 11) is 0. The van der Waals surface area contributed by atoms with Gasteiger partial charge in [0.15, 0.2) is 0 Å². The molecule has 1 N–H and O–H groups in total. The van der Waals surface area contributed by atoms with Gasteiger partial charge < -0.3 is 10.2 Å². The number of halogens is 3. The van der Waals surface area contributed by atoms with Crippen molar-refractivity contribution in [2.45, 2.75) is 31.6 Å². The number of nitrogens with one attached hydrogen (secondary N) is 1. The van der Waals surface area contributed by atoms with E-state index in [1.165, 1.54) is 6.07 Å². The number of alkyl halides is 3. The van der Waals surface area contributed by atoms with Crippen LogP contribution in [0.2, 0.25) is 0 Å². The molecule has 2 aromatic heterocycles. The number of anilines is 1. The van der Waals surface area contributed by atoms with Crippen molar-refractivity contribution in [2.75, 3.05) is 18.0 Å². The minimum atomic E-state index is -4.39. The van der Waals surface area contributed by atoms with Gasteiger partial charge in [0.2, 0.25) is 0 Å². The van der Waals surface area contributed by atoms with Crippen LogP contribution in [-0.4, -0.2) is 39.8 Å². The first-order valence-corrected chi connectivity index (χ1v) is 10.0. The molecule has 3 aromatic rings. The highest BCUT2D eigenvalue weighted by molar-refractivity contribution is 5.94. The third-order valence-corrected chi connectivity index (χ3v) is 5.35. The maximum absolute atomic E-state index is 12.7. The standard InChI is InChI=1S/C22H22F3N5O/c23-22(24,25)18-6-7-20(26-14-18)29-12-8-19(9-13-29)28-21(31)17-4-2-16(3-5-17)15-30-11-1-10-27-30/h1-7,10-11,14,19H,8-9,12-13,15H2,(H,28,31). The minimum Gasteiger partial charge on any atom is -0.356 e. The van der Waals surface area contributed by atoms with Crippen molar-refractivity contribution in [1.82, 2.24) is 20.1 Å². The normalized spacial score (nSPS) is 15.1. The van der Waals surface area contributed by atoms with Gasteiger partial charge in [-0.3, -0.25) is 9.48 Å². The summed E-state index contributed by atoms with van der Waals surface area (Å²) in [5.74, 6) is 0.391. The van der Waals surface area contributed by atoms with Crippen LogP contribution >= 0.6 is 0 Å². The number of benzene rings is 1. The number of pyridine rings is 1. The Morgan fingerprint density at radius 3 is 2.42 bits per heavy atom. The van der Waals surface area contributed by atoms with Crippen molar-refractivity contribution in [3.05, 3.63) is 77.7 Å². The second-order valence-corrected chi connectivity index (χ2v) is 7.54. The molecule has 0 unspecified atom stereocenters. The lowest BCUT2D eigenvalue weighted by Gasteiger charge is -2.33. The molecular weight excluding hydrogens is 407 g/mol. The molecule has 6 nitrogen and oxygen atoms in total. The lowest BCUT2D eigenvalue weighted by Crippen LogP contribution is -2.45. The van der Waals surface area contributed by atoms with Crippen LogP contribution in [0.3, 0.4) is 0 Å². The predicted octanol–water partition coefficient (Wildman–Crippen LogP) is 3.74. The molecular formula is C22H22F3N5O. The van der Waals surface area contributed by atoms with E-state index < -0.39 is 11.7 Å². The summed E-state index contributed by atoms with van der Waals surface area (Å²) >= 11 is 0. The van der Waals surface area contributed by atoms with Crippen LogP contribution in [-0.2, 0) is 12.7 Å². The molecule has 1 aromatic carbocycles. The van der Waals surface area contributed by atoms with E-state index in [-0.39, 0.29) is 11.9 Å². The largest absolute Gasteiger partial charge is 0.417 e. The highest BCUT2D eigenvalue weighted by atomic mass is 19.4. The maximum atomic E-state index is 12.7. The zero-order valence-electron chi connectivity index (χ0n) is 16.7. The SMILES string of the molecule is O=C(NC1CCN(c2ccc(C(F)(F)F)cn2)CC1)c1ccc(Cn2cccn2)cc1. The van der Waals surface area contributed by atoms with Gasteiger partial charge in [0, 0.05) is 43.3 Å².